The van der Waals surface area contributed by atoms with Gasteiger partial charge in [-0.05, 0) is 24.3 Å². The fourth-order valence-corrected chi connectivity index (χ4v) is 2.06. The molecule has 1 atom stereocenters. The van der Waals surface area contributed by atoms with Crippen LogP contribution in [-0.2, 0) is 4.74 Å². The van der Waals surface area contributed by atoms with E-state index in [1.54, 1.807) is 30.3 Å². The van der Waals surface area contributed by atoms with Crippen molar-refractivity contribution >= 4 is 0 Å². The SMILES string of the molecule is FC(F)(F)CC(NCCOCC1CC1)c1ccccc1. The average Bonchev–Trinajstić information content (AvgIpc) is 3.21. The topological polar surface area (TPSA) is 21.3 Å². The molecule has 0 bridgehead atoms. The Hall–Kier alpha value is -1.07. The molecule has 0 radical (unpaired) electrons. The van der Waals surface area contributed by atoms with Crippen molar-refractivity contribution in [2.45, 2.75) is 31.5 Å². The van der Waals surface area contributed by atoms with Crippen LogP contribution in [0, 0.1) is 5.92 Å². The normalized spacial score (nSPS) is 17.1. The van der Waals surface area contributed by atoms with Gasteiger partial charge >= 0.3 is 6.18 Å². The smallest absolute Gasteiger partial charge is 0.380 e. The fourth-order valence-electron chi connectivity index (χ4n) is 2.06. The van der Waals surface area contributed by atoms with Crippen LogP contribution >= 0.6 is 0 Å². The molecular weight excluding hydrogens is 267 g/mol. The number of rotatable bonds is 8. The summed E-state index contributed by atoms with van der Waals surface area (Å²) in [5.41, 5.74) is 0.659. The second kappa shape index (κ2) is 7.09. The van der Waals surface area contributed by atoms with Crippen LogP contribution in [0.5, 0.6) is 0 Å². The van der Waals surface area contributed by atoms with Gasteiger partial charge in [-0.3, -0.25) is 0 Å². The van der Waals surface area contributed by atoms with Crippen molar-refractivity contribution in [2.75, 3.05) is 19.8 Å². The number of ether oxygens (including phenoxy) is 1. The molecule has 0 saturated heterocycles. The monoisotopic (exact) mass is 287 g/mol. The molecular formula is C15H20F3NO. The van der Waals surface area contributed by atoms with E-state index >= 15 is 0 Å². The van der Waals surface area contributed by atoms with E-state index in [1.165, 1.54) is 12.8 Å². The van der Waals surface area contributed by atoms with Crippen LogP contribution in [0.15, 0.2) is 30.3 Å². The van der Waals surface area contributed by atoms with E-state index in [4.69, 9.17) is 4.74 Å². The lowest BCUT2D eigenvalue weighted by Gasteiger charge is -2.20. The Labute approximate surface area is 117 Å². The first kappa shape index (κ1) is 15.3. The standard InChI is InChI=1S/C15H20F3NO/c16-15(17,18)10-14(13-4-2-1-3-5-13)19-8-9-20-11-12-6-7-12/h1-5,12,14,19H,6-11H2. The highest BCUT2D eigenvalue weighted by Crippen LogP contribution is 2.30. The van der Waals surface area contributed by atoms with E-state index in [-0.39, 0.29) is 0 Å². The fraction of sp³-hybridized carbons (Fsp3) is 0.600. The van der Waals surface area contributed by atoms with Gasteiger partial charge in [-0.2, -0.15) is 13.2 Å². The minimum atomic E-state index is -4.18. The molecule has 1 unspecified atom stereocenters. The van der Waals surface area contributed by atoms with Crippen molar-refractivity contribution in [1.29, 1.82) is 0 Å². The van der Waals surface area contributed by atoms with E-state index in [0.29, 0.717) is 24.6 Å². The van der Waals surface area contributed by atoms with Gasteiger partial charge in [-0.15, -0.1) is 0 Å². The predicted molar refractivity (Wildman–Crippen MR) is 71.4 cm³/mol. The lowest BCUT2D eigenvalue weighted by atomic mass is 10.0. The van der Waals surface area contributed by atoms with Crippen molar-refractivity contribution in [3.8, 4) is 0 Å². The molecule has 1 aliphatic rings. The Morgan fingerprint density at radius 3 is 2.50 bits per heavy atom. The minimum Gasteiger partial charge on any atom is -0.380 e. The van der Waals surface area contributed by atoms with Gasteiger partial charge in [0.05, 0.1) is 13.0 Å². The molecule has 0 amide bonds. The maximum absolute atomic E-state index is 12.6. The summed E-state index contributed by atoms with van der Waals surface area (Å²) < 4.78 is 43.3. The molecule has 5 heteroatoms. The summed E-state index contributed by atoms with van der Waals surface area (Å²) in [4.78, 5) is 0. The van der Waals surface area contributed by atoms with Crippen molar-refractivity contribution < 1.29 is 17.9 Å². The number of alkyl halides is 3. The zero-order valence-corrected chi connectivity index (χ0v) is 11.3. The molecule has 20 heavy (non-hydrogen) atoms. The molecule has 1 saturated carbocycles. The van der Waals surface area contributed by atoms with Crippen LogP contribution in [0.25, 0.3) is 0 Å². The van der Waals surface area contributed by atoms with Gasteiger partial charge in [0.2, 0.25) is 0 Å². The number of benzene rings is 1. The molecule has 0 aromatic heterocycles. The molecule has 1 aromatic rings. The highest BCUT2D eigenvalue weighted by Gasteiger charge is 2.32. The lowest BCUT2D eigenvalue weighted by Crippen LogP contribution is -2.29. The Morgan fingerprint density at radius 1 is 1.20 bits per heavy atom. The molecule has 0 aliphatic heterocycles. The maximum Gasteiger partial charge on any atom is 0.390 e. The molecule has 1 aromatic carbocycles. The first-order valence-electron chi connectivity index (χ1n) is 6.97. The summed E-state index contributed by atoms with van der Waals surface area (Å²) in [6.07, 6.45) is -2.61. The van der Waals surface area contributed by atoms with E-state index in [2.05, 4.69) is 5.32 Å². The first-order valence-corrected chi connectivity index (χ1v) is 6.97. The van der Waals surface area contributed by atoms with Crippen LogP contribution in [0.2, 0.25) is 0 Å². The van der Waals surface area contributed by atoms with Crippen LogP contribution in [-0.4, -0.2) is 25.9 Å². The third kappa shape index (κ3) is 5.92. The zero-order chi connectivity index (χ0) is 14.4. The second-order valence-electron chi connectivity index (χ2n) is 5.25. The van der Waals surface area contributed by atoms with Crippen LogP contribution in [0.4, 0.5) is 13.2 Å². The summed E-state index contributed by atoms with van der Waals surface area (Å²) in [6.45, 7) is 1.62. The summed E-state index contributed by atoms with van der Waals surface area (Å²) in [5, 5.41) is 2.94. The lowest BCUT2D eigenvalue weighted by molar-refractivity contribution is -0.140. The summed E-state index contributed by atoms with van der Waals surface area (Å²) in [5.74, 6) is 0.676. The van der Waals surface area contributed by atoms with Crippen LogP contribution in [0.3, 0.4) is 0 Å². The zero-order valence-electron chi connectivity index (χ0n) is 11.3. The van der Waals surface area contributed by atoms with E-state index in [9.17, 15) is 13.2 Å². The molecule has 1 aliphatic carbocycles. The largest absolute Gasteiger partial charge is 0.390 e. The highest BCUT2D eigenvalue weighted by molar-refractivity contribution is 5.19. The minimum absolute atomic E-state index is 0.433. The summed E-state index contributed by atoms with van der Waals surface area (Å²) >= 11 is 0. The van der Waals surface area contributed by atoms with Crippen molar-refractivity contribution in [3.63, 3.8) is 0 Å². The van der Waals surface area contributed by atoms with Gasteiger partial charge < -0.3 is 10.1 Å². The number of nitrogens with one attached hydrogen (secondary N) is 1. The molecule has 2 rings (SSSR count). The molecule has 2 nitrogen and oxygen atoms in total. The van der Waals surface area contributed by atoms with Crippen molar-refractivity contribution in [1.82, 2.24) is 5.32 Å². The highest BCUT2D eigenvalue weighted by atomic mass is 19.4. The van der Waals surface area contributed by atoms with E-state index < -0.39 is 18.6 Å². The maximum atomic E-state index is 12.6. The van der Waals surface area contributed by atoms with Gasteiger partial charge in [0, 0.05) is 19.2 Å². The van der Waals surface area contributed by atoms with E-state index in [1.807, 2.05) is 0 Å². The Morgan fingerprint density at radius 2 is 1.90 bits per heavy atom. The third-order valence-electron chi connectivity index (χ3n) is 3.33. The van der Waals surface area contributed by atoms with Gasteiger partial charge in [0.25, 0.3) is 0 Å². The molecule has 1 fully saturated rings. The Kier molecular flexibility index (Phi) is 5.43. The average molecular weight is 287 g/mol. The number of halogens is 3. The Balaban J connectivity index is 1.79. The van der Waals surface area contributed by atoms with Gasteiger partial charge in [-0.1, -0.05) is 30.3 Å². The summed E-state index contributed by atoms with van der Waals surface area (Å²) in [7, 11) is 0. The van der Waals surface area contributed by atoms with Crippen molar-refractivity contribution in [3.05, 3.63) is 35.9 Å². The molecule has 0 heterocycles. The second-order valence-corrected chi connectivity index (χ2v) is 5.25. The number of hydrogen-bond donors (Lipinski definition) is 1. The quantitative estimate of drug-likeness (QED) is 0.736. The van der Waals surface area contributed by atoms with E-state index in [0.717, 1.165) is 6.61 Å². The molecule has 0 spiro atoms. The predicted octanol–water partition coefficient (Wildman–Crippen LogP) is 3.70. The summed E-state index contributed by atoms with van der Waals surface area (Å²) in [6, 6.07) is 8.03. The third-order valence-corrected chi connectivity index (χ3v) is 3.33. The van der Waals surface area contributed by atoms with Crippen LogP contribution in [0.1, 0.15) is 30.9 Å². The molecule has 1 N–H and O–H groups in total. The van der Waals surface area contributed by atoms with Gasteiger partial charge in [0.15, 0.2) is 0 Å². The van der Waals surface area contributed by atoms with Gasteiger partial charge in [-0.25, -0.2) is 0 Å². The first-order chi connectivity index (χ1) is 9.54. The van der Waals surface area contributed by atoms with Crippen molar-refractivity contribution in [2.24, 2.45) is 5.92 Å². The number of hydrogen-bond acceptors (Lipinski definition) is 2. The Bertz CT molecular complexity index is 390. The van der Waals surface area contributed by atoms with Gasteiger partial charge in [0.1, 0.15) is 0 Å². The molecule has 112 valence electrons. The van der Waals surface area contributed by atoms with Crippen LogP contribution < -0.4 is 5.32 Å².